The van der Waals surface area contributed by atoms with E-state index in [9.17, 15) is 14.7 Å². The predicted octanol–water partition coefficient (Wildman–Crippen LogP) is 4.36. The van der Waals surface area contributed by atoms with Crippen molar-refractivity contribution in [3.05, 3.63) is 58.1 Å². The highest BCUT2D eigenvalue weighted by atomic mass is 35.5. The average molecular weight is 502 g/mol. The molecule has 2 saturated heterocycles. The van der Waals surface area contributed by atoms with Gasteiger partial charge in [-0.3, -0.25) is 9.59 Å². The Kier molecular flexibility index (Phi) is 7.52. The standard InChI is InChI=1S/C26H28ClNO7/c1-4-34-16-9-7-15(8-10-16)23-22(25(30)26(31)28(23)14-17-6-5-11-35-17)24(29)18-12-21(33-3)19(27)13-20(18)32-2/h7-10,12-13,17,23,29H,4-6,11,14H2,1-3H3/b24-22+. The minimum atomic E-state index is -0.818. The van der Waals surface area contributed by atoms with Gasteiger partial charge < -0.3 is 29.0 Å². The van der Waals surface area contributed by atoms with Gasteiger partial charge in [-0.25, -0.2) is 0 Å². The van der Waals surface area contributed by atoms with Crippen LogP contribution in [0.1, 0.15) is 36.9 Å². The number of Topliss-reactive ketones (excluding diaryl/α,β-unsaturated/α-hetero) is 1. The predicted molar refractivity (Wildman–Crippen MR) is 130 cm³/mol. The van der Waals surface area contributed by atoms with Gasteiger partial charge in [0.1, 0.15) is 23.0 Å². The molecule has 2 aromatic carbocycles. The first-order chi connectivity index (χ1) is 16.9. The van der Waals surface area contributed by atoms with E-state index in [-0.39, 0.29) is 40.3 Å². The van der Waals surface area contributed by atoms with Crippen molar-refractivity contribution in [1.82, 2.24) is 4.90 Å². The van der Waals surface area contributed by atoms with E-state index in [4.69, 9.17) is 30.5 Å². The molecule has 2 fully saturated rings. The molecule has 186 valence electrons. The SMILES string of the molecule is CCOc1ccc(C2/C(=C(\O)c3cc(OC)c(Cl)cc3OC)C(=O)C(=O)N2CC2CCCO2)cc1. The van der Waals surface area contributed by atoms with Gasteiger partial charge in [-0.15, -0.1) is 0 Å². The number of halogens is 1. The summed E-state index contributed by atoms with van der Waals surface area (Å²) < 4.78 is 22.0. The summed E-state index contributed by atoms with van der Waals surface area (Å²) in [6.45, 7) is 3.25. The van der Waals surface area contributed by atoms with Crippen molar-refractivity contribution < 1.29 is 33.6 Å². The van der Waals surface area contributed by atoms with Crippen LogP contribution in [0.4, 0.5) is 0 Å². The molecule has 0 aliphatic carbocycles. The van der Waals surface area contributed by atoms with Crippen LogP contribution in [-0.2, 0) is 14.3 Å². The number of hydrogen-bond acceptors (Lipinski definition) is 7. The molecule has 2 atom stereocenters. The normalized spacial score (nSPS) is 21.4. The van der Waals surface area contributed by atoms with Crippen molar-refractivity contribution in [3.8, 4) is 17.2 Å². The van der Waals surface area contributed by atoms with Gasteiger partial charge in [0.15, 0.2) is 0 Å². The highest BCUT2D eigenvalue weighted by Crippen LogP contribution is 2.43. The second-order valence-corrected chi connectivity index (χ2v) is 8.68. The van der Waals surface area contributed by atoms with Crippen LogP contribution in [0, 0.1) is 0 Å². The lowest BCUT2D eigenvalue weighted by molar-refractivity contribution is -0.140. The van der Waals surface area contributed by atoms with Gasteiger partial charge in [0.05, 0.1) is 49.1 Å². The lowest BCUT2D eigenvalue weighted by Crippen LogP contribution is -2.36. The van der Waals surface area contributed by atoms with Gasteiger partial charge in [-0.1, -0.05) is 23.7 Å². The molecular weight excluding hydrogens is 474 g/mol. The maximum atomic E-state index is 13.3. The number of rotatable bonds is 8. The van der Waals surface area contributed by atoms with Crippen LogP contribution in [0.2, 0.25) is 5.02 Å². The van der Waals surface area contributed by atoms with E-state index in [1.807, 2.05) is 6.92 Å². The Hall–Kier alpha value is -3.23. The average Bonchev–Trinajstić information content (AvgIpc) is 3.46. The Bertz CT molecular complexity index is 1140. The van der Waals surface area contributed by atoms with E-state index >= 15 is 0 Å². The van der Waals surface area contributed by atoms with E-state index < -0.39 is 17.7 Å². The second-order valence-electron chi connectivity index (χ2n) is 8.28. The molecule has 2 unspecified atom stereocenters. The van der Waals surface area contributed by atoms with Crippen molar-refractivity contribution in [3.63, 3.8) is 0 Å². The first-order valence-electron chi connectivity index (χ1n) is 11.4. The highest BCUT2D eigenvalue weighted by Gasteiger charge is 2.47. The third kappa shape index (κ3) is 4.81. The molecule has 0 saturated carbocycles. The van der Waals surface area contributed by atoms with Crippen molar-refractivity contribution in [2.24, 2.45) is 0 Å². The highest BCUT2D eigenvalue weighted by molar-refractivity contribution is 6.46. The number of amides is 1. The number of aliphatic hydroxyl groups is 1. The molecule has 2 aromatic rings. The van der Waals surface area contributed by atoms with E-state index in [0.29, 0.717) is 30.3 Å². The van der Waals surface area contributed by atoms with Crippen molar-refractivity contribution in [2.45, 2.75) is 31.9 Å². The Morgan fingerprint density at radius 1 is 1.14 bits per heavy atom. The summed E-state index contributed by atoms with van der Waals surface area (Å²) in [5, 5.41) is 11.7. The van der Waals surface area contributed by atoms with Crippen LogP contribution in [0.3, 0.4) is 0 Å². The van der Waals surface area contributed by atoms with Gasteiger partial charge >= 0.3 is 0 Å². The molecule has 0 bridgehead atoms. The molecule has 2 aliphatic rings. The molecule has 4 rings (SSSR count). The summed E-state index contributed by atoms with van der Waals surface area (Å²) >= 11 is 6.22. The molecule has 1 amide bonds. The zero-order chi connectivity index (χ0) is 25.1. The Morgan fingerprint density at radius 3 is 2.46 bits per heavy atom. The molecule has 0 spiro atoms. The lowest BCUT2D eigenvalue weighted by Gasteiger charge is -2.27. The van der Waals surface area contributed by atoms with Crippen LogP contribution < -0.4 is 14.2 Å². The summed E-state index contributed by atoms with van der Waals surface area (Å²) in [4.78, 5) is 28.0. The summed E-state index contributed by atoms with van der Waals surface area (Å²) in [7, 11) is 2.87. The maximum Gasteiger partial charge on any atom is 0.295 e. The van der Waals surface area contributed by atoms with E-state index in [2.05, 4.69) is 0 Å². The molecule has 0 aromatic heterocycles. The van der Waals surface area contributed by atoms with Gasteiger partial charge in [0.2, 0.25) is 0 Å². The number of likely N-dealkylation sites (tertiary alicyclic amines) is 1. The second kappa shape index (κ2) is 10.6. The fourth-order valence-electron chi connectivity index (χ4n) is 4.53. The quantitative estimate of drug-likeness (QED) is 0.326. The Balaban J connectivity index is 1.86. The minimum Gasteiger partial charge on any atom is -0.507 e. The minimum absolute atomic E-state index is 0.0418. The zero-order valence-corrected chi connectivity index (χ0v) is 20.6. The third-order valence-corrected chi connectivity index (χ3v) is 6.50. The molecular formula is C26H28ClNO7. The molecule has 35 heavy (non-hydrogen) atoms. The van der Waals surface area contributed by atoms with Crippen LogP contribution in [0.25, 0.3) is 5.76 Å². The van der Waals surface area contributed by atoms with Crippen molar-refractivity contribution in [1.29, 1.82) is 0 Å². The lowest BCUT2D eigenvalue weighted by atomic mass is 9.94. The Labute approximate surface area is 209 Å². The summed E-state index contributed by atoms with van der Waals surface area (Å²) in [6.07, 6.45) is 1.51. The first-order valence-corrected chi connectivity index (χ1v) is 11.8. The first kappa shape index (κ1) is 24.9. The van der Waals surface area contributed by atoms with Crippen LogP contribution in [0.15, 0.2) is 42.0 Å². The topological polar surface area (TPSA) is 94.5 Å². The van der Waals surface area contributed by atoms with Gasteiger partial charge in [-0.2, -0.15) is 0 Å². The maximum absolute atomic E-state index is 13.3. The van der Waals surface area contributed by atoms with Gasteiger partial charge in [-0.05, 0) is 43.5 Å². The van der Waals surface area contributed by atoms with Crippen LogP contribution >= 0.6 is 11.6 Å². The van der Waals surface area contributed by atoms with Gasteiger partial charge in [0, 0.05) is 19.2 Å². The number of carbonyl (C=O) groups is 2. The van der Waals surface area contributed by atoms with Crippen LogP contribution in [-0.4, -0.2) is 61.8 Å². The van der Waals surface area contributed by atoms with Gasteiger partial charge in [0.25, 0.3) is 11.7 Å². The number of hydrogen-bond donors (Lipinski definition) is 1. The number of methoxy groups -OCH3 is 2. The van der Waals surface area contributed by atoms with E-state index in [1.54, 1.807) is 24.3 Å². The van der Waals surface area contributed by atoms with Crippen molar-refractivity contribution >= 4 is 29.1 Å². The Morgan fingerprint density at radius 2 is 1.86 bits per heavy atom. The van der Waals surface area contributed by atoms with E-state index in [1.165, 1.54) is 31.3 Å². The number of ether oxygens (including phenoxy) is 4. The third-order valence-electron chi connectivity index (χ3n) is 6.20. The summed E-state index contributed by atoms with van der Waals surface area (Å²) in [6, 6.07) is 9.28. The van der Waals surface area contributed by atoms with E-state index in [0.717, 1.165) is 12.8 Å². The largest absolute Gasteiger partial charge is 0.507 e. The fourth-order valence-corrected chi connectivity index (χ4v) is 4.76. The zero-order valence-electron chi connectivity index (χ0n) is 19.9. The summed E-state index contributed by atoms with van der Waals surface area (Å²) in [5.41, 5.74) is 0.812. The van der Waals surface area contributed by atoms with Crippen molar-refractivity contribution in [2.75, 3.05) is 34.0 Å². The molecule has 8 nitrogen and oxygen atoms in total. The van der Waals surface area contributed by atoms with Crippen LogP contribution in [0.5, 0.6) is 17.2 Å². The molecule has 1 N–H and O–H groups in total. The molecule has 0 radical (unpaired) electrons. The number of ketones is 1. The monoisotopic (exact) mass is 501 g/mol. The number of aliphatic hydroxyl groups excluding tert-OH is 1. The number of nitrogens with zero attached hydrogens (tertiary/aromatic N) is 1. The molecule has 2 heterocycles. The fraction of sp³-hybridized carbons (Fsp3) is 0.385. The number of benzene rings is 2. The summed E-state index contributed by atoms with van der Waals surface area (Å²) in [5.74, 6) is -0.652. The molecule has 9 heteroatoms. The molecule has 2 aliphatic heterocycles. The number of carbonyl (C=O) groups excluding carboxylic acids is 2. The smallest absolute Gasteiger partial charge is 0.295 e.